The molecule has 1 N–H and O–H groups in total. The minimum absolute atomic E-state index is 0.232. The number of esters is 1. The Labute approximate surface area is 257 Å². The number of carbonyl (C=O) groups excluding carboxylic acids is 2. The Kier molecular flexibility index (Phi) is 15.9. The van der Waals surface area contributed by atoms with Crippen LogP contribution in [0.2, 0.25) is 0 Å². The Bertz CT molecular complexity index is 1030. The van der Waals surface area contributed by atoms with Gasteiger partial charge in [-0.15, -0.1) is 0 Å². The van der Waals surface area contributed by atoms with Gasteiger partial charge in [-0.2, -0.15) is 0 Å². The van der Waals surface area contributed by atoms with Crippen LogP contribution in [0.4, 0.5) is 5.69 Å². The van der Waals surface area contributed by atoms with Crippen molar-refractivity contribution in [2.75, 3.05) is 5.32 Å². The van der Waals surface area contributed by atoms with E-state index in [-0.39, 0.29) is 17.7 Å². The smallest absolute Gasteiger partial charge is 0.323 e. The van der Waals surface area contributed by atoms with Gasteiger partial charge in [-0.3, -0.25) is 9.59 Å². The third-order valence-corrected chi connectivity index (χ3v) is 8.26. The molecule has 0 saturated carbocycles. The van der Waals surface area contributed by atoms with Crippen LogP contribution in [0, 0.1) is 0 Å². The van der Waals surface area contributed by atoms with Crippen LogP contribution in [0.5, 0.6) is 0 Å². The lowest BCUT2D eigenvalue weighted by Crippen LogP contribution is -2.36. The third-order valence-electron chi connectivity index (χ3n) is 8.26. The maximum atomic E-state index is 13.9. The van der Waals surface area contributed by atoms with E-state index < -0.39 is 17.5 Å². The Hall–Kier alpha value is -2.62. The molecule has 0 spiro atoms. The van der Waals surface area contributed by atoms with Crippen molar-refractivity contribution in [1.82, 2.24) is 0 Å². The van der Waals surface area contributed by atoms with Gasteiger partial charge in [-0.1, -0.05) is 154 Å². The molecule has 2 aromatic carbocycles. The van der Waals surface area contributed by atoms with Crippen molar-refractivity contribution in [3.05, 3.63) is 65.2 Å². The van der Waals surface area contributed by atoms with Gasteiger partial charge in [0.25, 0.3) is 0 Å². The number of para-hydroxylation sites is 1. The van der Waals surface area contributed by atoms with Gasteiger partial charge in [0, 0.05) is 5.69 Å². The summed E-state index contributed by atoms with van der Waals surface area (Å²) in [5, 5.41) is 3.16. The molecule has 0 aliphatic rings. The highest BCUT2D eigenvalue weighted by Crippen LogP contribution is 2.34. The van der Waals surface area contributed by atoms with E-state index in [9.17, 15) is 9.59 Å². The molecule has 4 nitrogen and oxygen atoms in total. The molecule has 234 valence electrons. The first-order valence-corrected chi connectivity index (χ1v) is 16.8. The first-order valence-electron chi connectivity index (χ1n) is 16.8. The van der Waals surface area contributed by atoms with Crippen molar-refractivity contribution in [3.63, 3.8) is 0 Å². The van der Waals surface area contributed by atoms with Gasteiger partial charge in [-0.05, 0) is 55.2 Å². The second-order valence-electron chi connectivity index (χ2n) is 13.3. The molecular weight excluding hydrogens is 518 g/mol. The first-order chi connectivity index (χ1) is 20.1. The van der Waals surface area contributed by atoms with E-state index in [2.05, 4.69) is 52.1 Å². The normalized spacial score (nSPS) is 12.5. The molecule has 1 amide bonds. The maximum Gasteiger partial charge on any atom is 0.323 e. The number of unbranched alkanes of at least 4 members (excludes halogenated alkanes) is 11. The first kappa shape index (κ1) is 35.6. The average molecular weight is 578 g/mol. The molecule has 0 aromatic heterocycles. The summed E-state index contributed by atoms with van der Waals surface area (Å²) in [6.45, 7) is 14.7. The van der Waals surface area contributed by atoms with Gasteiger partial charge in [0.15, 0.2) is 5.92 Å². The van der Waals surface area contributed by atoms with Crippen molar-refractivity contribution < 1.29 is 14.3 Å². The Morgan fingerprint density at radius 2 is 1.17 bits per heavy atom. The molecule has 0 saturated heterocycles. The van der Waals surface area contributed by atoms with Crippen LogP contribution in [0.15, 0.2) is 48.5 Å². The van der Waals surface area contributed by atoms with Crippen LogP contribution in [-0.2, 0) is 14.3 Å². The molecule has 2 aromatic rings. The van der Waals surface area contributed by atoms with Crippen molar-refractivity contribution in [2.45, 2.75) is 155 Å². The number of benzene rings is 2. The fourth-order valence-corrected chi connectivity index (χ4v) is 5.70. The second kappa shape index (κ2) is 18.8. The summed E-state index contributed by atoms with van der Waals surface area (Å²) in [7, 11) is 0. The standard InChI is InChI=1S/C38H59NO3/c1-8-9-10-11-12-13-14-15-16-17-18-22-28-38(6,7)42-37(41)34(31-24-20-19-21-25-31)36(40)39-35-32(29(2)3)26-23-27-33(35)30(4)5/h19-21,23-27,29-30,34H,8-18,22,28H2,1-7H3,(H,39,40). The van der Waals surface area contributed by atoms with Gasteiger partial charge in [0.1, 0.15) is 5.60 Å². The summed E-state index contributed by atoms with van der Waals surface area (Å²) in [6.07, 6.45) is 16.3. The SMILES string of the molecule is CCCCCCCCCCCCCCC(C)(C)OC(=O)C(C(=O)Nc1c(C(C)C)cccc1C(C)C)c1ccccc1. The highest BCUT2D eigenvalue weighted by molar-refractivity contribution is 6.10. The molecule has 4 heteroatoms. The van der Waals surface area contributed by atoms with E-state index in [1.165, 1.54) is 64.2 Å². The van der Waals surface area contributed by atoms with E-state index in [4.69, 9.17) is 4.74 Å². The molecule has 42 heavy (non-hydrogen) atoms. The number of hydrogen-bond donors (Lipinski definition) is 1. The quantitative estimate of drug-likeness (QED) is 0.0967. The summed E-state index contributed by atoms with van der Waals surface area (Å²) in [4.78, 5) is 27.5. The molecule has 0 heterocycles. The summed E-state index contributed by atoms with van der Waals surface area (Å²) in [5.41, 5.74) is 2.97. The lowest BCUT2D eigenvalue weighted by molar-refractivity contribution is -0.160. The lowest BCUT2D eigenvalue weighted by atomic mass is 9.91. The molecule has 1 atom stereocenters. The van der Waals surface area contributed by atoms with Crippen LogP contribution in [0.3, 0.4) is 0 Å². The van der Waals surface area contributed by atoms with Crippen molar-refractivity contribution >= 4 is 17.6 Å². The summed E-state index contributed by atoms with van der Waals surface area (Å²) >= 11 is 0. The van der Waals surface area contributed by atoms with Crippen LogP contribution in [0.25, 0.3) is 0 Å². The third kappa shape index (κ3) is 12.3. The zero-order valence-corrected chi connectivity index (χ0v) is 27.8. The van der Waals surface area contributed by atoms with Crippen LogP contribution >= 0.6 is 0 Å². The number of rotatable bonds is 20. The molecular formula is C38H59NO3. The average Bonchev–Trinajstić information content (AvgIpc) is 2.93. The minimum atomic E-state index is -1.03. The largest absolute Gasteiger partial charge is 0.459 e. The zero-order chi connectivity index (χ0) is 31.0. The monoisotopic (exact) mass is 577 g/mol. The van der Waals surface area contributed by atoms with Crippen LogP contribution < -0.4 is 5.32 Å². The van der Waals surface area contributed by atoms with Gasteiger partial charge in [0.05, 0.1) is 0 Å². The number of nitrogens with one attached hydrogen (secondary N) is 1. The molecule has 0 bridgehead atoms. The topological polar surface area (TPSA) is 55.4 Å². The lowest BCUT2D eigenvalue weighted by Gasteiger charge is -2.28. The Balaban J connectivity index is 1.97. The Morgan fingerprint density at radius 3 is 1.64 bits per heavy atom. The van der Waals surface area contributed by atoms with Crippen molar-refractivity contribution in [3.8, 4) is 0 Å². The second-order valence-corrected chi connectivity index (χ2v) is 13.3. The van der Waals surface area contributed by atoms with E-state index in [1.54, 1.807) is 0 Å². The van der Waals surface area contributed by atoms with Crippen LogP contribution in [-0.4, -0.2) is 17.5 Å². The van der Waals surface area contributed by atoms with Crippen molar-refractivity contribution in [2.24, 2.45) is 0 Å². The number of anilines is 1. The summed E-state index contributed by atoms with van der Waals surface area (Å²) < 4.78 is 6.07. The van der Waals surface area contributed by atoms with Gasteiger partial charge >= 0.3 is 5.97 Å². The number of amides is 1. The maximum absolute atomic E-state index is 13.9. The van der Waals surface area contributed by atoms with E-state index in [0.29, 0.717) is 5.56 Å². The molecule has 0 aliphatic heterocycles. The molecule has 0 aliphatic carbocycles. The fourth-order valence-electron chi connectivity index (χ4n) is 5.70. The fraction of sp³-hybridized carbons (Fsp3) is 0.632. The molecule has 1 unspecified atom stereocenters. The van der Waals surface area contributed by atoms with E-state index >= 15 is 0 Å². The van der Waals surface area contributed by atoms with E-state index in [0.717, 1.165) is 36.1 Å². The molecule has 0 fully saturated rings. The molecule has 2 rings (SSSR count). The molecule has 0 radical (unpaired) electrons. The number of hydrogen-bond acceptors (Lipinski definition) is 3. The van der Waals surface area contributed by atoms with Gasteiger partial charge in [0.2, 0.25) is 5.91 Å². The van der Waals surface area contributed by atoms with Crippen molar-refractivity contribution in [1.29, 1.82) is 0 Å². The zero-order valence-electron chi connectivity index (χ0n) is 27.8. The minimum Gasteiger partial charge on any atom is -0.459 e. The predicted octanol–water partition coefficient (Wildman–Crippen LogP) is 11.1. The van der Waals surface area contributed by atoms with Gasteiger partial charge < -0.3 is 10.1 Å². The summed E-state index contributed by atoms with van der Waals surface area (Å²) in [6, 6.07) is 15.4. The number of ether oxygens (including phenoxy) is 1. The summed E-state index contributed by atoms with van der Waals surface area (Å²) in [5.74, 6) is -1.41. The predicted molar refractivity (Wildman–Crippen MR) is 178 cm³/mol. The highest BCUT2D eigenvalue weighted by Gasteiger charge is 2.35. The van der Waals surface area contributed by atoms with E-state index in [1.807, 2.05) is 50.2 Å². The Morgan fingerprint density at radius 1 is 0.690 bits per heavy atom. The van der Waals surface area contributed by atoms with Crippen LogP contribution in [0.1, 0.15) is 166 Å². The highest BCUT2D eigenvalue weighted by atomic mass is 16.6. The van der Waals surface area contributed by atoms with Gasteiger partial charge in [-0.25, -0.2) is 0 Å². The number of carbonyl (C=O) groups is 2.